The van der Waals surface area contributed by atoms with E-state index in [-0.39, 0.29) is 12.3 Å². The third-order valence-corrected chi connectivity index (χ3v) is 7.45. The Balaban J connectivity index is 1.60. The lowest BCUT2D eigenvalue weighted by Gasteiger charge is -2.37. The van der Waals surface area contributed by atoms with Gasteiger partial charge in [-0.1, -0.05) is 18.7 Å². The number of hydrogen-bond donors (Lipinski definition) is 1. The molecule has 10 nitrogen and oxygen atoms in total. The lowest BCUT2D eigenvalue weighted by Crippen LogP contribution is -2.42. The SMILES string of the molecule is CCC1=C(C(=O)OC)[C@@H](c2ccc(OC)cc2OC)N2C(CC(=O)NCCN3CCOCC3)=CSC2=N1. The molecule has 4 rings (SSSR count). The third-order valence-electron chi connectivity index (χ3n) is 6.56. The smallest absolute Gasteiger partial charge is 0.338 e. The van der Waals surface area contributed by atoms with E-state index in [1.165, 1.54) is 18.9 Å². The fraction of sp³-hybridized carbons (Fsp3) is 0.500. The average Bonchev–Trinajstić information content (AvgIpc) is 3.33. The molecule has 1 aromatic carbocycles. The highest BCUT2D eigenvalue weighted by atomic mass is 32.2. The number of carbonyl (C=O) groups is 2. The summed E-state index contributed by atoms with van der Waals surface area (Å²) < 4.78 is 21.7. The van der Waals surface area contributed by atoms with E-state index in [1.54, 1.807) is 20.3 Å². The van der Waals surface area contributed by atoms with Crippen LogP contribution in [0, 0.1) is 0 Å². The van der Waals surface area contributed by atoms with Crippen molar-refractivity contribution >= 4 is 28.8 Å². The summed E-state index contributed by atoms with van der Waals surface area (Å²) in [5.41, 5.74) is 2.59. The van der Waals surface area contributed by atoms with Crippen molar-refractivity contribution in [3.63, 3.8) is 0 Å². The Kier molecular flexibility index (Phi) is 9.12. The van der Waals surface area contributed by atoms with E-state index >= 15 is 0 Å². The topological polar surface area (TPSA) is 102 Å². The number of nitrogens with one attached hydrogen (secondary N) is 1. The van der Waals surface area contributed by atoms with Gasteiger partial charge < -0.3 is 29.2 Å². The van der Waals surface area contributed by atoms with Gasteiger partial charge in [-0.3, -0.25) is 9.69 Å². The number of aliphatic imine (C=N–C) groups is 1. The van der Waals surface area contributed by atoms with Gasteiger partial charge in [0, 0.05) is 43.5 Å². The summed E-state index contributed by atoms with van der Waals surface area (Å²) in [6.07, 6.45) is 0.703. The predicted octanol–water partition coefficient (Wildman–Crippen LogP) is 2.68. The predicted molar refractivity (Wildman–Crippen MR) is 141 cm³/mol. The quantitative estimate of drug-likeness (QED) is 0.458. The minimum atomic E-state index is -0.571. The molecule has 3 aliphatic rings. The molecule has 37 heavy (non-hydrogen) atoms. The van der Waals surface area contributed by atoms with Crippen LogP contribution in [-0.2, 0) is 19.1 Å². The van der Waals surface area contributed by atoms with Gasteiger partial charge in [-0.15, -0.1) is 0 Å². The number of rotatable bonds is 10. The van der Waals surface area contributed by atoms with Crippen LogP contribution in [0.5, 0.6) is 11.5 Å². The molecule has 1 fully saturated rings. The molecule has 200 valence electrons. The molecule has 0 aromatic heterocycles. The van der Waals surface area contributed by atoms with Crippen molar-refractivity contribution in [1.29, 1.82) is 0 Å². The summed E-state index contributed by atoms with van der Waals surface area (Å²) in [7, 11) is 4.53. The van der Waals surface area contributed by atoms with E-state index in [2.05, 4.69) is 10.2 Å². The van der Waals surface area contributed by atoms with Gasteiger partial charge >= 0.3 is 5.97 Å². The number of ether oxygens (including phenoxy) is 4. The number of amidine groups is 1. The van der Waals surface area contributed by atoms with Crippen LogP contribution in [0.15, 0.2) is 45.6 Å². The number of thioether (sulfide) groups is 1. The zero-order chi connectivity index (χ0) is 26.4. The van der Waals surface area contributed by atoms with Crippen LogP contribution in [0.1, 0.15) is 31.4 Å². The number of nitrogens with zero attached hydrogens (tertiary/aromatic N) is 3. The van der Waals surface area contributed by atoms with Gasteiger partial charge in [-0.05, 0) is 24.0 Å². The zero-order valence-corrected chi connectivity index (χ0v) is 22.6. The maximum Gasteiger partial charge on any atom is 0.338 e. The summed E-state index contributed by atoms with van der Waals surface area (Å²) in [4.78, 5) is 35.0. The second kappa shape index (κ2) is 12.5. The molecule has 0 spiro atoms. The van der Waals surface area contributed by atoms with Crippen molar-refractivity contribution in [2.24, 2.45) is 4.99 Å². The standard InChI is InChI=1S/C26H34N4O6S/c1-5-20-23(25(32)35-4)24(19-7-6-18(33-2)15-21(19)34-3)30-17(16-37-26(30)28-20)14-22(31)27-8-9-29-10-12-36-13-11-29/h6-7,15-16,24H,5,8-14H2,1-4H3,(H,27,31)/t24-/m1/s1. The Labute approximate surface area is 221 Å². The number of esters is 1. The number of morpholine rings is 1. The van der Waals surface area contributed by atoms with E-state index in [4.69, 9.17) is 23.9 Å². The lowest BCUT2D eigenvalue weighted by molar-refractivity contribution is -0.136. The number of hydrogen-bond acceptors (Lipinski definition) is 10. The Morgan fingerprint density at radius 3 is 2.65 bits per heavy atom. The molecular formula is C26H34N4O6S. The summed E-state index contributed by atoms with van der Waals surface area (Å²) in [6, 6.07) is 4.92. The molecule has 1 amide bonds. The van der Waals surface area contributed by atoms with Gasteiger partial charge in [-0.25, -0.2) is 9.79 Å². The van der Waals surface area contributed by atoms with Gasteiger partial charge in [-0.2, -0.15) is 0 Å². The van der Waals surface area contributed by atoms with E-state index in [1.807, 2.05) is 29.4 Å². The van der Waals surface area contributed by atoms with Crippen molar-refractivity contribution in [3.8, 4) is 11.5 Å². The van der Waals surface area contributed by atoms with Gasteiger partial charge in [0.15, 0.2) is 5.17 Å². The Hall–Kier alpha value is -3.02. The second-order valence-corrected chi connectivity index (χ2v) is 9.52. The molecule has 1 saturated heterocycles. The fourth-order valence-corrected chi connectivity index (χ4v) is 5.59. The van der Waals surface area contributed by atoms with Crippen LogP contribution in [0.4, 0.5) is 0 Å². The highest BCUT2D eigenvalue weighted by Gasteiger charge is 2.42. The summed E-state index contributed by atoms with van der Waals surface area (Å²) in [5, 5.41) is 5.67. The Morgan fingerprint density at radius 2 is 1.97 bits per heavy atom. The number of benzene rings is 1. The van der Waals surface area contributed by atoms with Crippen molar-refractivity contribution in [3.05, 3.63) is 46.1 Å². The van der Waals surface area contributed by atoms with Crippen LogP contribution in [-0.4, -0.2) is 87.6 Å². The summed E-state index contributed by atoms with van der Waals surface area (Å²) >= 11 is 1.44. The maximum atomic E-state index is 13.1. The van der Waals surface area contributed by atoms with E-state index in [0.717, 1.165) is 44.1 Å². The van der Waals surface area contributed by atoms with Gasteiger partial charge in [0.05, 0.1) is 58.3 Å². The minimum Gasteiger partial charge on any atom is -0.497 e. The van der Waals surface area contributed by atoms with Gasteiger partial charge in [0.1, 0.15) is 11.5 Å². The monoisotopic (exact) mass is 530 g/mol. The number of allylic oxidation sites excluding steroid dienone is 1. The number of amides is 1. The maximum absolute atomic E-state index is 13.1. The average molecular weight is 531 g/mol. The van der Waals surface area contributed by atoms with Crippen molar-refractivity contribution in [2.75, 3.05) is 60.7 Å². The lowest BCUT2D eigenvalue weighted by atomic mass is 9.92. The fourth-order valence-electron chi connectivity index (χ4n) is 4.66. The molecule has 0 saturated carbocycles. The number of carbonyl (C=O) groups excluding carboxylic acids is 2. The van der Waals surface area contributed by atoms with Crippen LogP contribution in [0.3, 0.4) is 0 Å². The Bertz CT molecular complexity index is 1110. The highest BCUT2D eigenvalue weighted by molar-refractivity contribution is 8.16. The largest absolute Gasteiger partial charge is 0.497 e. The third kappa shape index (κ3) is 5.94. The van der Waals surface area contributed by atoms with Gasteiger partial charge in [0.25, 0.3) is 0 Å². The molecule has 0 aliphatic carbocycles. The molecule has 0 unspecified atom stereocenters. The van der Waals surface area contributed by atoms with Gasteiger partial charge in [0.2, 0.25) is 5.91 Å². The van der Waals surface area contributed by atoms with Crippen molar-refractivity contribution in [2.45, 2.75) is 25.8 Å². The molecule has 1 N–H and O–H groups in total. The van der Waals surface area contributed by atoms with E-state index in [9.17, 15) is 9.59 Å². The van der Waals surface area contributed by atoms with Crippen LogP contribution in [0.25, 0.3) is 0 Å². The first-order chi connectivity index (χ1) is 18.0. The summed E-state index contributed by atoms with van der Waals surface area (Å²) in [5.74, 6) is 0.643. The minimum absolute atomic E-state index is 0.0910. The second-order valence-electron chi connectivity index (χ2n) is 8.69. The van der Waals surface area contributed by atoms with Crippen LogP contribution in [0.2, 0.25) is 0 Å². The van der Waals surface area contributed by atoms with Crippen molar-refractivity contribution in [1.82, 2.24) is 15.1 Å². The normalized spacial score (nSPS) is 19.7. The number of methoxy groups -OCH3 is 3. The molecule has 3 heterocycles. The number of fused-ring (bicyclic) bond motifs is 1. The summed E-state index contributed by atoms with van der Waals surface area (Å²) in [6.45, 7) is 6.49. The van der Waals surface area contributed by atoms with Crippen LogP contribution < -0.4 is 14.8 Å². The first kappa shape index (κ1) is 27.0. The zero-order valence-electron chi connectivity index (χ0n) is 21.7. The highest BCUT2D eigenvalue weighted by Crippen LogP contribution is 2.48. The van der Waals surface area contributed by atoms with Crippen molar-refractivity contribution < 1.29 is 28.5 Å². The Morgan fingerprint density at radius 1 is 1.19 bits per heavy atom. The van der Waals surface area contributed by atoms with E-state index < -0.39 is 12.0 Å². The molecule has 0 bridgehead atoms. The molecule has 3 aliphatic heterocycles. The molecule has 0 radical (unpaired) electrons. The molecule has 1 aromatic rings. The van der Waals surface area contributed by atoms with E-state index in [0.29, 0.717) is 40.9 Å². The first-order valence-corrected chi connectivity index (χ1v) is 13.2. The molecule has 1 atom stereocenters. The molecule has 11 heteroatoms. The first-order valence-electron chi connectivity index (χ1n) is 12.3. The molecular weight excluding hydrogens is 496 g/mol. The van der Waals surface area contributed by atoms with Crippen LogP contribution >= 0.6 is 11.8 Å².